The van der Waals surface area contributed by atoms with Crippen LogP contribution in [0.2, 0.25) is 0 Å². The summed E-state index contributed by atoms with van der Waals surface area (Å²) >= 11 is 0. The molecule has 0 amide bonds. The molecule has 0 bridgehead atoms. The fourth-order valence-electron chi connectivity index (χ4n) is 3.81. The van der Waals surface area contributed by atoms with E-state index in [1.54, 1.807) is 41.2 Å². The van der Waals surface area contributed by atoms with Crippen molar-refractivity contribution in [3.05, 3.63) is 48.3 Å². The molecule has 5 rings (SSSR count). The highest BCUT2D eigenvalue weighted by Gasteiger charge is 2.29. The molecule has 2 N–H and O–H groups in total. The monoisotopic (exact) mass is 530 g/mol. The Kier molecular flexibility index (Phi) is 7.99. The summed E-state index contributed by atoms with van der Waals surface area (Å²) in [4.78, 5) is 9.43. The van der Waals surface area contributed by atoms with Gasteiger partial charge in [0.15, 0.2) is 11.5 Å². The minimum Gasteiger partial charge on any atom is -0.367 e. The van der Waals surface area contributed by atoms with Crippen molar-refractivity contribution in [2.45, 2.75) is 64.9 Å². The Morgan fingerprint density at radius 1 is 1.06 bits per heavy atom. The van der Waals surface area contributed by atoms with Crippen LogP contribution in [0.5, 0.6) is 0 Å². The number of aromatic nitrogens is 6. The number of hydrogen-bond donors (Lipinski definition) is 2. The van der Waals surface area contributed by atoms with E-state index in [0.717, 1.165) is 5.56 Å². The molecule has 36 heavy (non-hydrogen) atoms. The van der Waals surface area contributed by atoms with E-state index in [1.807, 2.05) is 20.8 Å². The van der Waals surface area contributed by atoms with Gasteiger partial charge in [0.25, 0.3) is 10.0 Å². The van der Waals surface area contributed by atoms with Crippen LogP contribution in [0.3, 0.4) is 0 Å². The van der Waals surface area contributed by atoms with Gasteiger partial charge in [-0.3, -0.25) is 0 Å². The molecular weight excluding hydrogens is 496 g/mol. The van der Waals surface area contributed by atoms with Crippen molar-refractivity contribution in [3.8, 4) is 0 Å². The average molecular weight is 531 g/mol. The van der Waals surface area contributed by atoms with Gasteiger partial charge in [0.1, 0.15) is 5.82 Å². The highest BCUT2D eigenvalue weighted by molar-refractivity contribution is 7.90. The molecule has 1 aliphatic carbocycles. The van der Waals surface area contributed by atoms with Crippen LogP contribution in [0.1, 0.15) is 52.6 Å². The van der Waals surface area contributed by atoms with E-state index in [-0.39, 0.29) is 43.8 Å². The van der Waals surface area contributed by atoms with E-state index in [0.29, 0.717) is 28.6 Å². The molecule has 0 aliphatic heterocycles. The Morgan fingerprint density at radius 3 is 2.36 bits per heavy atom. The van der Waals surface area contributed by atoms with Crippen molar-refractivity contribution < 1.29 is 8.42 Å². The normalized spacial score (nSPS) is 14.2. The van der Waals surface area contributed by atoms with Gasteiger partial charge in [-0.25, -0.2) is 17.1 Å². The van der Waals surface area contributed by atoms with Crippen molar-refractivity contribution in [2.24, 2.45) is 5.92 Å². The number of benzene rings is 1. The second-order valence-corrected chi connectivity index (χ2v) is 11.0. The number of fused-ring (bicyclic) bond motifs is 1. The first kappa shape index (κ1) is 27.5. The molecule has 1 aliphatic rings. The van der Waals surface area contributed by atoms with Crippen LogP contribution in [0.4, 0.5) is 17.6 Å². The maximum Gasteiger partial charge on any atom is 0.269 e. The fourth-order valence-corrected chi connectivity index (χ4v) is 5.10. The van der Waals surface area contributed by atoms with Crippen LogP contribution in [-0.2, 0) is 10.0 Å². The number of nitrogens with zero attached hydrogens (tertiary/aromatic N) is 6. The van der Waals surface area contributed by atoms with Crippen molar-refractivity contribution in [2.75, 3.05) is 10.6 Å². The van der Waals surface area contributed by atoms with Crippen LogP contribution >= 0.6 is 13.5 Å². The van der Waals surface area contributed by atoms with E-state index < -0.39 is 10.0 Å². The second-order valence-electron chi connectivity index (χ2n) is 9.14. The minimum absolute atomic E-state index is 0. The largest absolute Gasteiger partial charge is 0.367 e. The summed E-state index contributed by atoms with van der Waals surface area (Å²) in [6.07, 6.45) is 5.64. The van der Waals surface area contributed by atoms with Crippen molar-refractivity contribution in [3.63, 3.8) is 0 Å². The smallest absolute Gasteiger partial charge is 0.269 e. The van der Waals surface area contributed by atoms with Gasteiger partial charge in [0.05, 0.1) is 16.5 Å². The number of nitrogens with one attached hydrogen (secondary N) is 2. The molecule has 0 radical (unpaired) electrons. The number of anilines is 3. The summed E-state index contributed by atoms with van der Waals surface area (Å²) in [5.74, 6) is 1.90. The number of aryl methyl sites for hydroxylation is 1. The third kappa shape index (κ3) is 5.34. The summed E-state index contributed by atoms with van der Waals surface area (Å²) in [6, 6.07) is 8.88. The Labute approximate surface area is 219 Å². The van der Waals surface area contributed by atoms with Gasteiger partial charge in [-0.2, -0.15) is 23.5 Å². The molecule has 1 saturated carbocycles. The third-order valence-electron chi connectivity index (χ3n) is 6.06. The molecule has 4 aromatic rings. The lowest BCUT2D eigenvalue weighted by atomic mass is 10.2. The molecule has 1 fully saturated rings. The lowest BCUT2D eigenvalue weighted by Gasteiger charge is -2.16. The van der Waals surface area contributed by atoms with Crippen LogP contribution in [-0.4, -0.2) is 43.4 Å². The Bertz CT molecular complexity index is 1440. The highest BCUT2D eigenvalue weighted by atomic mass is 32.2. The van der Waals surface area contributed by atoms with Gasteiger partial charge in [0, 0.05) is 18.3 Å². The topological polar surface area (TPSA) is 120 Å². The predicted octanol–water partition coefficient (Wildman–Crippen LogP) is 4.85. The standard InChI is InChI=1S/C23H28N8O2S.CH4.H2S/c1-14(2)30-13-20(28-29-30)25-23-26-21(24-16(4)17-7-8-17)19-11-12-31(22(19)27-23)34(32,33)18-9-5-15(3)6-10-18;;/h5-6,9-14,16-17H,7-8H2,1-4H3,(H2,24,25,26,27);1H4;1H2/t16-;;/m0../s1. The maximum absolute atomic E-state index is 13.5. The summed E-state index contributed by atoms with van der Waals surface area (Å²) < 4.78 is 29.8. The van der Waals surface area contributed by atoms with Crippen molar-refractivity contribution in [1.29, 1.82) is 0 Å². The fraction of sp³-hybridized carbons (Fsp3) is 0.417. The quantitative estimate of drug-likeness (QED) is 0.332. The summed E-state index contributed by atoms with van der Waals surface area (Å²) in [5, 5.41) is 15.4. The Morgan fingerprint density at radius 2 is 1.75 bits per heavy atom. The molecule has 0 spiro atoms. The van der Waals surface area contributed by atoms with Crippen LogP contribution in [0.25, 0.3) is 11.0 Å². The maximum atomic E-state index is 13.5. The Balaban J connectivity index is 0.00000180. The first-order valence-electron chi connectivity index (χ1n) is 11.4. The zero-order chi connectivity index (χ0) is 24.0. The van der Waals surface area contributed by atoms with E-state index in [4.69, 9.17) is 0 Å². The lowest BCUT2D eigenvalue weighted by molar-refractivity contribution is 0.514. The Hall–Kier alpha value is -3.12. The molecule has 0 unspecified atom stereocenters. The molecule has 10 nitrogen and oxygen atoms in total. The zero-order valence-corrected chi connectivity index (χ0v) is 21.9. The molecular formula is C24H34N8O2S2. The zero-order valence-electron chi connectivity index (χ0n) is 20.1. The number of rotatable bonds is 8. The van der Waals surface area contributed by atoms with Crippen molar-refractivity contribution >= 4 is 52.1 Å². The lowest BCUT2D eigenvalue weighted by Crippen LogP contribution is -2.19. The molecule has 3 heterocycles. The molecule has 0 saturated heterocycles. The van der Waals surface area contributed by atoms with Crippen LogP contribution in [0.15, 0.2) is 47.6 Å². The van der Waals surface area contributed by atoms with Gasteiger partial charge < -0.3 is 10.6 Å². The van der Waals surface area contributed by atoms with E-state index in [1.165, 1.54) is 23.0 Å². The van der Waals surface area contributed by atoms with Crippen LogP contribution < -0.4 is 10.6 Å². The third-order valence-corrected chi connectivity index (χ3v) is 7.74. The number of hydrogen-bond acceptors (Lipinski definition) is 8. The SMILES string of the molecule is C.Cc1ccc(S(=O)(=O)n2ccc3c(N[C@@H](C)C4CC4)nc(Nc4cn(C(C)C)nn4)nc32)cc1.S. The van der Waals surface area contributed by atoms with E-state index >= 15 is 0 Å². The first-order valence-corrected chi connectivity index (χ1v) is 12.8. The van der Waals surface area contributed by atoms with Gasteiger partial charge >= 0.3 is 0 Å². The van der Waals surface area contributed by atoms with Gasteiger partial charge in [-0.1, -0.05) is 30.3 Å². The predicted molar refractivity (Wildman–Crippen MR) is 148 cm³/mol. The molecule has 194 valence electrons. The molecule has 3 aromatic heterocycles. The van der Waals surface area contributed by atoms with Crippen LogP contribution in [0, 0.1) is 12.8 Å². The molecule has 12 heteroatoms. The molecule has 1 atom stereocenters. The summed E-state index contributed by atoms with van der Waals surface area (Å²) in [6.45, 7) is 8.05. The average Bonchev–Trinajstić information content (AvgIpc) is 3.38. The van der Waals surface area contributed by atoms with E-state index in [9.17, 15) is 8.42 Å². The minimum atomic E-state index is -3.85. The molecule has 1 aromatic carbocycles. The van der Waals surface area contributed by atoms with Gasteiger partial charge in [0.2, 0.25) is 5.95 Å². The summed E-state index contributed by atoms with van der Waals surface area (Å²) in [7, 11) is -3.85. The first-order chi connectivity index (χ1) is 16.2. The second kappa shape index (κ2) is 10.5. The van der Waals surface area contributed by atoms with Gasteiger partial charge in [-0.15, -0.1) is 5.10 Å². The summed E-state index contributed by atoms with van der Waals surface area (Å²) in [5.41, 5.74) is 1.28. The van der Waals surface area contributed by atoms with E-state index in [2.05, 4.69) is 37.8 Å². The van der Waals surface area contributed by atoms with Gasteiger partial charge in [-0.05, 0) is 64.7 Å². The van der Waals surface area contributed by atoms with Crippen molar-refractivity contribution in [1.82, 2.24) is 28.9 Å². The highest BCUT2D eigenvalue weighted by Crippen LogP contribution is 2.35.